The van der Waals surface area contributed by atoms with Gasteiger partial charge in [-0.2, -0.15) is 10.5 Å². The minimum Gasteiger partial charge on any atom is -0.511 e. The van der Waals surface area contributed by atoms with Gasteiger partial charge >= 0.3 is 11.9 Å². The zero-order chi connectivity index (χ0) is 25.0. The number of rotatable bonds is 6. The first kappa shape index (κ1) is 24.1. The van der Waals surface area contributed by atoms with E-state index in [4.69, 9.17) is 24.0 Å². The molecule has 174 valence electrons. The van der Waals surface area contributed by atoms with Gasteiger partial charge in [0.25, 0.3) is 0 Å². The first-order chi connectivity index (χ1) is 16.3. The highest BCUT2D eigenvalue weighted by atomic mass is 16.5. The number of carbonyl (C=O) groups is 2. The summed E-state index contributed by atoms with van der Waals surface area (Å²) in [6.45, 7) is 3.15. The third kappa shape index (κ3) is 3.97. The van der Waals surface area contributed by atoms with Crippen molar-refractivity contribution in [2.45, 2.75) is 19.8 Å². The summed E-state index contributed by atoms with van der Waals surface area (Å²) in [5.74, 6) is -4.42. The molecule has 0 amide bonds. The Balaban J connectivity index is 2.56. The topological polar surface area (TPSA) is 167 Å². The van der Waals surface area contributed by atoms with E-state index < -0.39 is 46.2 Å². The Hall–Kier alpha value is -4.57. The highest BCUT2D eigenvalue weighted by Crippen LogP contribution is 2.39. The first-order valence-corrected chi connectivity index (χ1v) is 10.3. The summed E-state index contributed by atoms with van der Waals surface area (Å²) in [6.07, 6.45) is 0. The summed E-state index contributed by atoms with van der Waals surface area (Å²) in [4.78, 5) is 26.2. The maximum absolute atomic E-state index is 13.2. The molecule has 0 bridgehead atoms. The molecule has 0 radical (unpaired) electrons. The van der Waals surface area contributed by atoms with Gasteiger partial charge in [0.2, 0.25) is 5.55 Å². The molecule has 0 saturated carbocycles. The number of esters is 2. The van der Waals surface area contributed by atoms with Crippen molar-refractivity contribution in [3.8, 4) is 17.9 Å². The standard InChI is InChI=1S/C24H21N3O7/c1-4-32-23(29)18-16(12-6-8-13(31-3)9-7-12)19(24(30)33-5-2)21-17(20(18)28)14(10-25)15(11-26)22(27)34-21/h6-9,16,18,27-28H,4-5H2,1-3H3/t16-,18-/m0/s1. The van der Waals surface area contributed by atoms with E-state index in [9.17, 15) is 25.2 Å². The molecule has 0 unspecified atom stereocenters. The molecular weight excluding hydrogens is 442 g/mol. The molecule has 2 N–H and O–H groups in total. The van der Waals surface area contributed by atoms with Crippen molar-refractivity contribution in [1.29, 1.82) is 15.9 Å². The molecule has 3 rings (SSSR count). The van der Waals surface area contributed by atoms with Gasteiger partial charge in [0.05, 0.1) is 36.7 Å². The minimum atomic E-state index is -1.45. The summed E-state index contributed by atoms with van der Waals surface area (Å²) >= 11 is 0. The van der Waals surface area contributed by atoms with Crippen LogP contribution in [0.3, 0.4) is 0 Å². The van der Waals surface area contributed by atoms with E-state index in [2.05, 4.69) is 0 Å². The lowest BCUT2D eigenvalue weighted by atomic mass is 9.75. The predicted molar refractivity (Wildman–Crippen MR) is 115 cm³/mol. The number of methoxy groups -OCH3 is 1. The summed E-state index contributed by atoms with van der Waals surface area (Å²) in [5.41, 5.74) is -1.60. The summed E-state index contributed by atoms with van der Waals surface area (Å²) in [7, 11) is 1.48. The van der Waals surface area contributed by atoms with E-state index >= 15 is 0 Å². The fourth-order valence-corrected chi connectivity index (χ4v) is 3.91. The number of aliphatic hydroxyl groups excluding tert-OH is 1. The molecule has 0 aliphatic heterocycles. The van der Waals surface area contributed by atoms with Crippen molar-refractivity contribution in [3.05, 3.63) is 57.1 Å². The van der Waals surface area contributed by atoms with Gasteiger partial charge in [-0.3, -0.25) is 10.2 Å². The monoisotopic (exact) mass is 463 g/mol. The molecule has 0 saturated heterocycles. The van der Waals surface area contributed by atoms with Gasteiger partial charge in [-0.1, -0.05) is 12.1 Å². The Kier molecular flexibility index (Phi) is 7.03. The van der Waals surface area contributed by atoms with Gasteiger partial charge in [-0.05, 0) is 31.5 Å². The number of hydrogen-bond acceptors (Lipinski definition) is 10. The first-order valence-electron chi connectivity index (χ1n) is 10.3. The number of nitrogens with zero attached hydrogens (tertiary/aromatic N) is 2. The third-order valence-corrected chi connectivity index (χ3v) is 5.33. The van der Waals surface area contributed by atoms with Crippen LogP contribution in [0, 0.1) is 34.0 Å². The number of benzene rings is 1. The van der Waals surface area contributed by atoms with E-state index in [1.54, 1.807) is 50.3 Å². The number of fused-ring (bicyclic) bond motifs is 1. The Labute approximate surface area is 194 Å². The Morgan fingerprint density at radius 2 is 1.71 bits per heavy atom. The van der Waals surface area contributed by atoms with E-state index in [0.717, 1.165) is 0 Å². The van der Waals surface area contributed by atoms with E-state index in [-0.39, 0.29) is 29.4 Å². The largest absolute Gasteiger partial charge is 0.511 e. The van der Waals surface area contributed by atoms with Crippen LogP contribution in [-0.4, -0.2) is 37.4 Å². The minimum absolute atomic E-state index is 0.00979. The fraction of sp³-hybridized carbons (Fsp3) is 0.292. The Bertz CT molecular complexity index is 1410. The molecule has 2 atom stereocenters. The van der Waals surface area contributed by atoms with Gasteiger partial charge < -0.3 is 23.7 Å². The van der Waals surface area contributed by atoms with Crippen molar-refractivity contribution in [2.75, 3.05) is 20.3 Å². The van der Waals surface area contributed by atoms with Gasteiger partial charge in [-0.25, -0.2) is 4.79 Å². The van der Waals surface area contributed by atoms with Crippen LogP contribution in [0.1, 0.15) is 36.5 Å². The highest BCUT2D eigenvalue weighted by molar-refractivity contribution is 6.13. The number of aliphatic hydroxyl groups is 1. The number of nitrogens with one attached hydrogen (secondary N) is 1. The number of nitriles is 2. The Morgan fingerprint density at radius 1 is 1.09 bits per heavy atom. The van der Waals surface area contributed by atoms with E-state index in [1.165, 1.54) is 7.11 Å². The summed E-state index contributed by atoms with van der Waals surface area (Å²) < 4.78 is 21.1. The molecule has 10 nitrogen and oxygen atoms in total. The van der Waals surface area contributed by atoms with Crippen molar-refractivity contribution in [3.63, 3.8) is 0 Å². The SMILES string of the molecule is CCOC(=O)C1=c2oc(=N)c(C#N)c(C#N)c2=C(O)[C@@H](C(=O)OCC)[C@@H]1c1ccc(OC)cc1. The second-order valence-corrected chi connectivity index (χ2v) is 7.11. The average molecular weight is 463 g/mol. The third-order valence-electron chi connectivity index (χ3n) is 5.33. The molecule has 1 aromatic carbocycles. The molecule has 0 spiro atoms. The smallest absolute Gasteiger partial charge is 0.338 e. The maximum atomic E-state index is 13.2. The van der Waals surface area contributed by atoms with E-state index in [0.29, 0.717) is 11.3 Å². The quantitative estimate of drug-likeness (QED) is 0.591. The second-order valence-electron chi connectivity index (χ2n) is 7.11. The number of ether oxygens (including phenoxy) is 3. The van der Waals surface area contributed by atoms with Crippen LogP contribution >= 0.6 is 0 Å². The maximum Gasteiger partial charge on any atom is 0.338 e. The number of hydrogen-bond donors (Lipinski definition) is 2. The van der Waals surface area contributed by atoms with E-state index in [1.807, 2.05) is 0 Å². The molecule has 10 heteroatoms. The second kappa shape index (κ2) is 9.92. The van der Waals surface area contributed by atoms with Gasteiger partial charge in [0.15, 0.2) is 5.42 Å². The highest BCUT2D eigenvalue weighted by Gasteiger charge is 2.44. The summed E-state index contributed by atoms with van der Waals surface area (Å²) in [6, 6.07) is 9.90. The fourth-order valence-electron chi connectivity index (χ4n) is 3.91. The molecule has 1 aromatic heterocycles. The Morgan fingerprint density at radius 3 is 2.24 bits per heavy atom. The molecule has 1 aliphatic rings. The molecule has 1 heterocycles. The normalized spacial score (nSPS) is 16.6. The predicted octanol–water partition coefficient (Wildman–Crippen LogP) is 0.868. The zero-order valence-corrected chi connectivity index (χ0v) is 18.7. The molecule has 2 aromatic rings. The molecule has 34 heavy (non-hydrogen) atoms. The van der Waals surface area contributed by atoms with Crippen molar-refractivity contribution in [1.82, 2.24) is 0 Å². The van der Waals surface area contributed by atoms with Crippen molar-refractivity contribution >= 4 is 23.3 Å². The molecule has 1 aliphatic carbocycles. The number of carbonyl (C=O) groups excluding carboxylic acids is 2. The zero-order valence-electron chi connectivity index (χ0n) is 18.7. The summed E-state index contributed by atoms with van der Waals surface area (Å²) in [5, 5.41) is 38.2. The molecular formula is C24H21N3O7. The van der Waals surface area contributed by atoms with Crippen LogP contribution < -0.4 is 20.9 Å². The van der Waals surface area contributed by atoms with Gasteiger partial charge in [-0.15, -0.1) is 0 Å². The van der Waals surface area contributed by atoms with Crippen LogP contribution in [0.5, 0.6) is 5.75 Å². The molecule has 0 fully saturated rings. The lowest BCUT2D eigenvalue weighted by Gasteiger charge is -2.29. The van der Waals surface area contributed by atoms with Crippen LogP contribution in [0.25, 0.3) is 11.3 Å². The van der Waals surface area contributed by atoms with Crippen molar-refractivity contribution < 1.29 is 33.3 Å². The lowest BCUT2D eigenvalue weighted by molar-refractivity contribution is -0.146. The van der Waals surface area contributed by atoms with Crippen LogP contribution in [-0.2, 0) is 19.1 Å². The van der Waals surface area contributed by atoms with Gasteiger partial charge in [0, 0.05) is 5.92 Å². The lowest BCUT2D eigenvalue weighted by Crippen LogP contribution is -2.48. The van der Waals surface area contributed by atoms with Crippen molar-refractivity contribution in [2.24, 2.45) is 5.92 Å². The average Bonchev–Trinajstić information content (AvgIpc) is 2.83. The van der Waals surface area contributed by atoms with Crippen LogP contribution in [0.4, 0.5) is 0 Å². The van der Waals surface area contributed by atoms with Gasteiger partial charge in [0.1, 0.15) is 35.1 Å². The van der Waals surface area contributed by atoms with Crippen LogP contribution in [0.15, 0.2) is 28.7 Å². The van der Waals surface area contributed by atoms with Crippen LogP contribution in [0.2, 0.25) is 0 Å².